The maximum Gasteiger partial charge on any atom is 0.258 e. The molecule has 0 radical (unpaired) electrons. The molecule has 4 rings (SSSR count). The van der Waals surface area contributed by atoms with Crippen LogP contribution in [-0.4, -0.2) is 25.6 Å². The smallest absolute Gasteiger partial charge is 0.258 e. The van der Waals surface area contributed by atoms with Gasteiger partial charge in [-0.05, 0) is 48.1 Å². The topological polar surface area (TPSA) is 42.8 Å². The summed E-state index contributed by atoms with van der Waals surface area (Å²) in [6, 6.07) is 14.8. The minimum absolute atomic E-state index is 0.0647. The fourth-order valence-electron chi connectivity index (χ4n) is 4.15. The molecule has 4 heteroatoms. The number of ether oxygens (including phenoxy) is 1. The monoisotopic (exact) mass is 365 g/mol. The van der Waals surface area contributed by atoms with Crippen LogP contribution in [-0.2, 0) is 30.7 Å². The van der Waals surface area contributed by atoms with Crippen molar-refractivity contribution in [3.8, 4) is 5.75 Å². The van der Waals surface area contributed by atoms with Crippen molar-refractivity contribution < 1.29 is 14.4 Å². The van der Waals surface area contributed by atoms with Gasteiger partial charge in [-0.25, -0.2) is 0 Å². The van der Waals surface area contributed by atoms with Gasteiger partial charge in [0.15, 0.2) is 6.61 Å². The molecule has 1 amide bonds. The Balaban J connectivity index is 1.20. The number of fused-ring (bicyclic) bond motifs is 1. The highest BCUT2D eigenvalue weighted by atomic mass is 16.5. The van der Waals surface area contributed by atoms with E-state index in [1.54, 1.807) is 4.90 Å². The lowest BCUT2D eigenvalue weighted by Gasteiger charge is -2.12. The van der Waals surface area contributed by atoms with Crippen molar-refractivity contribution in [1.29, 1.82) is 0 Å². The summed E-state index contributed by atoms with van der Waals surface area (Å²) in [7, 11) is 0. The van der Waals surface area contributed by atoms with E-state index in [2.05, 4.69) is 41.7 Å². The van der Waals surface area contributed by atoms with E-state index in [-0.39, 0.29) is 12.5 Å². The maximum absolute atomic E-state index is 12.1. The average Bonchev–Trinajstić information content (AvgIpc) is 3.37. The van der Waals surface area contributed by atoms with E-state index >= 15 is 0 Å². The molecule has 1 saturated heterocycles. The van der Waals surface area contributed by atoms with Gasteiger partial charge in [0.1, 0.15) is 12.3 Å². The molecule has 1 heterocycles. The van der Waals surface area contributed by atoms with Crippen molar-refractivity contribution in [2.45, 2.75) is 45.2 Å². The Hall–Kier alpha value is -2.33. The van der Waals surface area contributed by atoms with Gasteiger partial charge in [0.2, 0.25) is 0 Å². The molecule has 1 aliphatic carbocycles. The molecule has 0 unspecified atom stereocenters. The largest absolute Gasteiger partial charge is 0.484 e. The third-order valence-corrected chi connectivity index (χ3v) is 5.72. The van der Waals surface area contributed by atoms with Crippen LogP contribution in [0.1, 0.15) is 41.5 Å². The molecule has 1 fully saturated rings. The normalized spacial score (nSPS) is 16.3. The fourth-order valence-corrected chi connectivity index (χ4v) is 4.15. The lowest BCUT2D eigenvalue weighted by atomic mass is 10.1. The van der Waals surface area contributed by atoms with Gasteiger partial charge in [-0.1, -0.05) is 30.3 Å². The molecule has 0 atom stereocenters. The molecule has 0 saturated carbocycles. The van der Waals surface area contributed by atoms with E-state index in [4.69, 9.17) is 4.74 Å². The van der Waals surface area contributed by atoms with Gasteiger partial charge in [-0.15, -0.1) is 0 Å². The SMILES string of the molecule is O=C(COc1ccc2c(c1)CCC2)NCc1ccc(C[NH+]2CCCC2)cc1. The highest BCUT2D eigenvalue weighted by Gasteiger charge is 2.15. The number of likely N-dealkylation sites (tertiary alicyclic amines) is 1. The van der Waals surface area contributed by atoms with Crippen LogP contribution in [0, 0.1) is 0 Å². The second kappa shape index (κ2) is 8.57. The lowest BCUT2D eigenvalue weighted by molar-refractivity contribution is -0.901. The van der Waals surface area contributed by atoms with Gasteiger partial charge >= 0.3 is 0 Å². The van der Waals surface area contributed by atoms with Crippen LogP contribution >= 0.6 is 0 Å². The molecule has 142 valence electrons. The third-order valence-electron chi connectivity index (χ3n) is 5.72. The van der Waals surface area contributed by atoms with Gasteiger partial charge < -0.3 is 15.0 Å². The first kappa shape index (κ1) is 18.1. The Morgan fingerprint density at radius 2 is 1.67 bits per heavy atom. The van der Waals surface area contributed by atoms with E-state index in [9.17, 15) is 4.79 Å². The standard InChI is InChI=1S/C23H28N2O2/c26-23(17-27-22-11-10-20-4-3-5-21(20)14-22)24-15-18-6-8-19(9-7-18)16-25-12-1-2-13-25/h6-11,14H,1-5,12-13,15-17H2,(H,24,26)/p+1. The van der Waals surface area contributed by atoms with Crippen LogP contribution < -0.4 is 15.0 Å². The highest BCUT2D eigenvalue weighted by molar-refractivity contribution is 5.77. The zero-order valence-corrected chi connectivity index (χ0v) is 15.9. The van der Waals surface area contributed by atoms with Crippen molar-refractivity contribution in [2.75, 3.05) is 19.7 Å². The van der Waals surface area contributed by atoms with E-state index in [0.717, 1.165) is 30.7 Å². The van der Waals surface area contributed by atoms with Crippen LogP contribution in [0.5, 0.6) is 5.75 Å². The fraction of sp³-hybridized carbons (Fsp3) is 0.435. The van der Waals surface area contributed by atoms with Crippen LogP contribution in [0.3, 0.4) is 0 Å². The molecule has 4 nitrogen and oxygen atoms in total. The number of carbonyl (C=O) groups is 1. The number of carbonyl (C=O) groups excluding carboxylic acids is 1. The highest BCUT2D eigenvalue weighted by Crippen LogP contribution is 2.25. The molecule has 0 bridgehead atoms. The van der Waals surface area contributed by atoms with Crippen molar-refractivity contribution >= 4 is 5.91 Å². The molecule has 2 aromatic carbocycles. The summed E-state index contributed by atoms with van der Waals surface area (Å²) in [5.41, 5.74) is 5.29. The van der Waals surface area contributed by atoms with Gasteiger partial charge in [0, 0.05) is 24.9 Å². The second-order valence-corrected chi connectivity index (χ2v) is 7.80. The summed E-state index contributed by atoms with van der Waals surface area (Å²) in [6.07, 6.45) is 6.21. The van der Waals surface area contributed by atoms with Crippen LogP contribution in [0.4, 0.5) is 0 Å². The van der Waals surface area contributed by atoms with Crippen LogP contribution in [0.25, 0.3) is 0 Å². The van der Waals surface area contributed by atoms with Gasteiger partial charge in [0.25, 0.3) is 5.91 Å². The summed E-state index contributed by atoms with van der Waals surface area (Å²) in [5.74, 6) is 0.709. The Morgan fingerprint density at radius 3 is 2.48 bits per heavy atom. The van der Waals surface area contributed by atoms with E-state index < -0.39 is 0 Å². The minimum atomic E-state index is -0.0823. The minimum Gasteiger partial charge on any atom is -0.484 e. The third kappa shape index (κ3) is 4.89. The van der Waals surface area contributed by atoms with Crippen LogP contribution in [0.2, 0.25) is 0 Å². The summed E-state index contributed by atoms with van der Waals surface area (Å²) >= 11 is 0. The number of quaternary nitrogens is 1. The van der Waals surface area contributed by atoms with Crippen molar-refractivity contribution in [3.63, 3.8) is 0 Å². The number of nitrogens with one attached hydrogen (secondary N) is 2. The van der Waals surface area contributed by atoms with Crippen LogP contribution in [0.15, 0.2) is 42.5 Å². The number of aryl methyl sites for hydroxylation is 2. The molecule has 2 aliphatic rings. The number of benzene rings is 2. The van der Waals surface area contributed by atoms with Crippen molar-refractivity contribution in [1.82, 2.24) is 5.32 Å². The Bertz CT molecular complexity index is 779. The summed E-state index contributed by atoms with van der Waals surface area (Å²) in [6.45, 7) is 4.31. The first-order valence-electron chi connectivity index (χ1n) is 10.2. The second-order valence-electron chi connectivity index (χ2n) is 7.80. The van der Waals surface area contributed by atoms with E-state index in [0.29, 0.717) is 6.54 Å². The molecular weight excluding hydrogens is 336 g/mol. The predicted octanol–water partition coefficient (Wildman–Crippen LogP) is 2.05. The van der Waals surface area contributed by atoms with Crippen molar-refractivity contribution in [2.24, 2.45) is 0 Å². The Labute approximate surface area is 161 Å². The molecule has 0 aromatic heterocycles. The number of rotatable bonds is 7. The Morgan fingerprint density at radius 1 is 0.926 bits per heavy atom. The number of amides is 1. The van der Waals surface area contributed by atoms with E-state index in [1.165, 1.54) is 49.0 Å². The molecular formula is C23H29N2O2+. The zero-order chi connectivity index (χ0) is 18.5. The summed E-state index contributed by atoms with van der Waals surface area (Å²) in [5, 5.41) is 2.94. The molecule has 27 heavy (non-hydrogen) atoms. The van der Waals surface area contributed by atoms with E-state index in [1.807, 2.05) is 6.07 Å². The zero-order valence-electron chi connectivity index (χ0n) is 15.9. The van der Waals surface area contributed by atoms with Gasteiger partial charge in [0.05, 0.1) is 13.1 Å². The first-order valence-corrected chi connectivity index (χ1v) is 10.2. The average molecular weight is 365 g/mol. The van der Waals surface area contributed by atoms with Gasteiger partial charge in [-0.3, -0.25) is 4.79 Å². The summed E-state index contributed by atoms with van der Waals surface area (Å²) in [4.78, 5) is 13.8. The maximum atomic E-state index is 12.1. The molecule has 2 N–H and O–H groups in total. The van der Waals surface area contributed by atoms with Gasteiger partial charge in [-0.2, -0.15) is 0 Å². The Kier molecular flexibility index (Phi) is 5.73. The quantitative estimate of drug-likeness (QED) is 0.789. The van der Waals surface area contributed by atoms with Crippen molar-refractivity contribution in [3.05, 3.63) is 64.7 Å². The summed E-state index contributed by atoms with van der Waals surface area (Å²) < 4.78 is 5.66. The predicted molar refractivity (Wildman–Crippen MR) is 106 cm³/mol. The number of hydrogen-bond donors (Lipinski definition) is 2. The number of hydrogen-bond acceptors (Lipinski definition) is 2. The molecule has 1 aliphatic heterocycles. The molecule has 2 aromatic rings. The lowest BCUT2D eigenvalue weighted by Crippen LogP contribution is -3.08. The molecule has 0 spiro atoms. The first-order chi connectivity index (χ1) is 13.3.